The van der Waals surface area contributed by atoms with Crippen molar-refractivity contribution in [1.82, 2.24) is 0 Å². The second-order valence-electron chi connectivity index (χ2n) is 6.62. The summed E-state index contributed by atoms with van der Waals surface area (Å²) in [5.74, 6) is 0. The SMILES string of the molecule is CC(C)O[Si](O)(OC(C)C)OC(C)C.Cc1[c-]c(C)cc(C)c1.[O]=[Mo]=[O]. The molecule has 0 saturated heterocycles. The molecule has 0 heterocycles. The molecule has 1 aromatic carbocycles. The number of rotatable bonds is 6. The van der Waals surface area contributed by atoms with Gasteiger partial charge in [0.05, 0.1) is 0 Å². The summed E-state index contributed by atoms with van der Waals surface area (Å²) in [5, 5.41) is 0. The van der Waals surface area contributed by atoms with Gasteiger partial charge >= 0.3 is 34.3 Å². The normalized spacial score (nSPS) is 11.0. The summed E-state index contributed by atoms with van der Waals surface area (Å²) in [6.07, 6.45) is -0.322. The first-order valence-corrected chi connectivity index (χ1v) is 11.8. The Morgan fingerprint density at radius 2 is 1.12 bits per heavy atom. The third-order valence-corrected chi connectivity index (χ3v) is 4.74. The van der Waals surface area contributed by atoms with Crippen molar-refractivity contribution in [2.45, 2.75) is 80.6 Å². The summed E-state index contributed by atoms with van der Waals surface area (Å²) in [4.78, 5) is 9.99. The molecule has 1 N–H and O–H groups in total. The van der Waals surface area contributed by atoms with E-state index < -0.39 is 27.5 Å². The van der Waals surface area contributed by atoms with E-state index in [0.717, 1.165) is 0 Å². The molecule has 0 saturated carbocycles. The van der Waals surface area contributed by atoms with Crippen LogP contribution in [0.2, 0.25) is 0 Å². The van der Waals surface area contributed by atoms with Gasteiger partial charge in [0.15, 0.2) is 0 Å². The molecule has 152 valence electrons. The first kappa shape index (κ1) is 27.8. The van der Waals surface area contributed by atoms with Crippen molar-refractivity contribution in [3.63, 3.8) is 0 Å². The maximum absolute atomic E-state index is 9.99. The Morgan fingerprint density at radius 1 is 0.846 bits per heavy atom. The van der Waals surface area contributed by atoms with Gasteiger partial charge in [-0.25, -0.2) is 0 Å². The number of hydrogen-bond acceptors (Lipinski definition) is 6. The molecule has 6 nitrogen and oxygen atoms in total. The van der Waals surface area contributed by atoms with E-state index in [1.54, 1.807) is 0 Å². The van der Waals surface area contributed by atoms with Gasteiger partial charge in [-0.05, 0) is 41.5 Å². The summed E-state index contributed by atoms with van der Waals surface area (Å²) >= 11 is -2.03. The number of hydrogen-bond donors (Lipinski definition) is 1. The first-order valence-electron chi connectivity index (χ1n) is 8.50. The zero-order valence-electron chi connectivity index (χ0n) is 17.3. The summed E-state index contributed by atoms with van der Waals surface area (Å²) in [6, 6.07) is 7.47. The van der Waals surface area contributed by atoms with Crippen molar-refractivity contribution in [3.8, 4) is 0 Å². The molecule has 0 aliphatic rings. The molecular weight excluding hydrogens is 436 g/mol. The molecule has 0 amide bonds. The summed E-state index contributed by atoms with van der Waals surface area (Å²) in [6.45, 7) is 17.3. The van der Waals surface area contributed by atoms with Gasteiger partial charge < -0.3 is 18.1 Å². The van der Waals surface area contributed by atoms with Gasteiger partial charge in [-0.1, -0.05) is 20.8 Å². The molecule has 0 aromatic heterocycles. The monoisotopic (exact) mass is 471 g/mol. The maximum atomic E-state index is 9.99. The third kappa shape index (κ3) is 17.0. The second kappa shape index (κ2) is 14.6. The zero-order chi connectivity index (χ0) is 20.9. The van der Waals surface area contributed by atoms with E-state index in [9.17, 15) is 4.80 Å². The molecule has 0 unspecified atom stereocenters. The fourth-order valence-corrected chi connectivity index (χ4v) is 4.04. The van der Waals surface area contributed by atoms with E-state index >= 15 is 0 Å². The van der Waals surface area contributed by atoms with Crippen LogP contribution in [0.5, 0.6) is 0 Å². The molecule has 1 rings (SSSR count). The molecule has 0 atom stereocenters. The third-order valence-electron chi connectivity index (χ3n) is 2.44. The van der Waals surface area contributed by atoms with E-state index in [1.165, 1.54) is 16.7 Å². The molecule has 0 spiro atoms. The summed E-state index contributed by atoms with van der Waals surface area (Å²) < 4.78 is 32.9. The van der Waals surface area contributed by atoms with Gasteiger partial charge in [-0.15, -0.1) is 0 Å². The molecule has 0 radical (unpaired) electrons. The molecular formula is C18H33MoO6Si-. The average Bonchev–Trinajstić information content (AvgIpc) is 2.34. The van der Waals surface area contributed by atoms with Crippen LogP contribution in [-0.4, -0.2) is 32.2 Å². The second-order valence-corrected chi connectivity index (χ2v) is 8.70. The molecule has 8 heteroatoms. The van der Waals surface area contributed by atoms with Gasteiger partial charge in [0, 0.05) is 18.3 Å². The van der Waals surface area contributed by atoms with Crippen LogP contribution in [0, 0.1) is 26.8 Å². The number of aryl methyl sites for hydroxylation is 3. The van der Waals surface area contributed by atoms with Crippen molar-refractivity contribution in [1.29, 1.82) is 0 Å². The van der Waals surface area contributed by atoms with E-state index in [2.05, 4.69) is 39.0 Å². The summed E-state index contributed by atoms with van der Waals surface area (Å²) in [5.41, 5.74) is 3.78. The minimum atomic E-state index is -3.44. The van der Waals surface area contributed by atoms with Crippen LogP contribution in [0.3, 0.4) is 0 Å². The fourth-order valence-electron chi connectivity index (χ4n) is 2.08. The average molecular weight is 469 g/mol. The van der Waals surface area contributed by atoms with Gasteiger partial charge in [0.25, 0.3) is 0 Å². The van der Waals surface area contributed by atoms with E-state index in [4.69, 9.17) is 20.1 Å². The molecule has 0 aliphatic heterocycles. The first-order chi connectivity index (χ1) is 11.8. The minimum absolute atomic E-state index is 0.107. The number of benzene rings is 1. The van der Waals surface area contributed by atoms with Gasteiger partial charge in [0.2, 0.25) is 0 Å². The Balaban J connectivity index is 0. The van der Waals surface area contributed by atoms with Gasteiger partial charge in [-0.2, -0.15) is 34.9 Å². The predicted octanol–water partition coefficient (Wildman–Crippen LogP) is 3.86. The van der Waals surface area contributed by atoms with Crippen LogP contribution in [0.1, 0.15) is 58.2 Å². The molecule has 0 fully saturated rings. The van der Waals surface area contributed by atoms with Crippen LogP contribution in [-0.2, 0) is 38.6 Å². The van der Waals surface area contributed by atoms with Crippen molar-refractivity contribution >= 4 is 9.05 Å². The zero-order valence-corrected chi connectivity index (χ0v) is 20.3. The quantitative estimate of drug-likeness (QED) is 0.503. The topological polar surface area (TPSA) is 82.1 Å². The Hall–Kier alpha value is -0.435. The Labute approximate surface area is 167 Å². The standard InChI is InChI=1S/C9H22O4Si.C9H11.Mo.2O/c1-7(2)11-14(10,12-8(3)4)13-9(5)6;1-7-4-8(2)6-9(3)5-7;;;/h7-10H,1-6H3;4-5H,1-3H3;;;/q;-1;;;. The van der Waals surface area contributed by atoms with Crippen LogP contribution in [0.4, 0.5) is 0 Å². The molecule has 0 bridgehead atoms. The molecule has 1 aromatic rings. The van der Waals surface area contributed by atoms with E-state index in [0.29, 0.717) is 0 Å². The van der Waals surface area contributed by atoms with Crippen LogP contribution in [0.15, 0.2) is 12.1 Å². The van der Waals surface area contributed by atoms with Crippen LogP contribution >= 0.6 is 0 Å². The Morgan fingerprint density at radius 3 is 1.31 bits per heavy atom. The summed E-state index contributed by atoms with van der Waals surface area (Å²) in [7, 11) is -3.44. The molecule has 26 heavy (non-hydrogen) atoms. The fraction of sp³-hybridized carbons (Fsp3) is 0.667. The predicted molar refractivity (Wildman–Crippen MR) is 97.5 cm³/mol. The van der Waals surface area contributed by atoms with Crippen molar-refractivity contribution in [3.05, 3.63) is 34.9 Å². The van der Waals surface area contributed by atoms with Crippen molar-refractivity contribution in [2.24, 2.45) is 0 Å². The van der Waals surface area contributed by atoms with Crippen molar-refractivity contribution < 1.29 is 43.4 Å². The van der Waals surface area contributed by atoms with Gasteiger partial charge in [-0.3, -0.25) is 0 Å². The van der Waals surface area contributed by atoms with E-state index in [1.807, 2.05) is 41.5 Å². The van der Waals surface area contributed by atoms with Crippen molar-refractivity contribution in [2.75, 3.05) is 0 Å². The molecule has 0 aliphatic carbocycles. The Bertz CT molecular complexity index is 465. The van der Waals surface area contributed by atoms with E-state index in [-0.39, 0.29) is 18.3 Å². The van der Waals surface area contributed by atoms with Crippen LogP contribution < -0.4 is 0 Å². The van der Waals surface area contributed by atoms with Crippen LogP contribution in [0.25, 0.3) is 0 Å². The van der Waals surface area contributed by atoms with Gasteiger partial charge in [0.1, 0.15) is 0 Å². The Kier molecular flexibility index (Phi) is 15.6.